The Kier molecular flexibility index (Phi) is 3.16. The van der Waals surface area contributed by atoms with E-state index in [2.05, 4.69) is 15.2 Å². The predicted molar refractivity (Wildman–Crippen MR) is 74.2 cm³/mol. The van der Waals surface area contributed by atoms with Gasteiger partial charge in [-0.05, 0) is 25.1 Å². The zero-order valence-corrected chi connectivity index (χ0v) is 10.9. The lowest BCUT2D eigenvalue weighted by Gasteiger charge is -2.12. The summed E-state index contributed by atoms with van der Waals surface area (Å²) in [6.07, 6.45) is 2.95. The van der Waals surface area contributed by atoms with Crippen LogP contribution in [0.1, 0.15) is 29.1 Å². The molecule has 5 heteroatoms. The Labute approximate surface area is 115 Å². The molecule has 0 aliphatic carbocycles. The highest BCUT2D eigenvalue weighted by Crippen LogP contribution is 2.20. The largest absolute Gasteiger partial charge is 0.452 e. The number of hydrogen-bond acceptors (Lipinski definition) is 4. The average molecular weight is 267 g/mol. The third-order valence-electron chi connectivity index (χ3n) is 3.08. The van der Waals surface area contributed by atoms with Crippen molar-refractivity contribution in [2.45, 2.75) is 13.0 Å². The summed E-state index contributed by atoms with van der Waals surface area (Å²) in [5, 5.41) is 7.63. The zero-order chi connectivity index (χ0) is 13.9. The summed E-state index contributed by atoms with van der Waals surface area (Å²) in [6.45, 7) is 1.80. The number of carbonyl (C=O) groups excluding carboxylic acids is 1. The van der Waals surface area contributed by atoms with Crippen LogP contribution in [0.15, 0.2) is 48.8 Å². The topological polar surface area (TPSA) is 67.9 Å². The Morgan fingerprint density at radius 1 is 1.25 bits per heavy atom. The first-order chi connectivity index (χ1) is 9.75. The molecule has 1 N–H and O–H groups in total. The van der Waals surface area contributed by atoms with Crippen LogP contribution < -0.4 is 0 Å². The molecule has 0 amide bonds. The highest BCUT2D eigenvalue weighted by molar-refractivity contribution is 6.02. The van der Waals surface area contributed by atoms with Gasteiger partial charge in [0.25, 0.3) is 0 Å². The third-order valence-corrected chi connectivity index (χ3v) is 3.08. The van der Waals surface area contributed by atoms with Gasteiger partial charge in [0.2, 0.25) is 0 Å². The maximum absolute atomic E-state index is 12.2. The fraction of sp³-hybridized carbons (Fsp3) is 0.133. The molecule has 1 aromatic carbocycles. The number of ether oxygens (including phenoxy) is 1. The molecule has 5 nitrogen and oxygen atoms in total. The number of H-pyrrole nitrogens is 1. The van der Waals surface area contributed by atoms with Gasteiger partial charge in [-0.1, -0.05) is 18.2 Å². The Hall–Kier alpha value is -2.69. The highest BCUT2D eigenvalue weighted by atomic mass is 16.5. The molecule has 0 radical (unpaired) electrons. The van der Waals surface area contributed by atoms with Gasteiger partial charge in [-0.2, -0.15) is 5.10 Å². The Balaban J connectivity index is 1.85. The molecular weight excluding hydrogens is 254 g/mol. The van der Waals surface area contributed by atoms with Crippen molar-refractivity contribution in [3.63, 3.8) is 0 Å². The number of aromatic amines is 1. The second-order valence-electron chi connectivity index (χ2n) is 4.44. The van der Waals surface area contributed by atoms with Gasteiger partial charge in [0.1, 0.15) is 6.10 Å². The number of esters is 1. The van der Waals surface area contributed by atoms with E-state index in [1.54, 1.807) is 31.5 Å². The summed E-state index contributed by atoms with van der Waals surface area (Å²) in [7, 11) is 0. The molecule has 20 heavy (non-hydrogen) atoms. The molecule has 100 valence electrons. The lowest BCUT2D eigenvalue weighted by Crippen LogP contribution is -2.10. The molecule has 0 spiro atoms. The van der Waals surface area contributed by atoms with Crippen molar-refractivity contribution in [2.75, 3.05) is 0 Å². The van der Waals surface area contributed by atoms with E-state index < -0.39 is 12.1 Å². The van der Waals surface area contributed by atoms with E-state index in [1.807, 2.05) is 24.3 Å². The zero-order valence-electron chi connectivity index (χ0n) is 10.9. The molecule has 0 saturated carbocycles. The molecule has 0 unspecified atom stereocenters. The lowest BCUT2D eigenvalue weighted by molar-refractivity contribution is 0.0331. The molecule has 2 aromatic heterocycles. The standard InChI is InChI=1S/C15H13N3O2/c1-10(13-7-2-3-8-16-13)20-15(19)12-6-4-5-11-9-17-18-14(11)12/h2-10H,1H3,(H,17,18)/t10-/m0/s1. The molecule has 0 aliphatic rings. The summed E-state index contributed by atoms with van der Waals surface area (Å²) in [5.74, 6) is -0.391. The average Bonchev–Trinajstić information content (AvgIpc) is 2.96. The van der Waals surface area contributed by atoms with Crippen LogP contribution in [0.5, 0.6) is 0 Å². The van der Waals surface area contributed by atoms with Gasteiger partial charge in [0.15, 0.2) is 0 Å². The molecule has 2 heterocycles. The third kappa shape index (κ3) is 2.25. The maximum Gasteiger partial charge on any atom is 0.340 e. The number of para-hydroxylation sites is 1. The van der Waals surface area contributed by atoms with E-state index in [1.165, 1.54) is 0 Å². The van der Waals surface area contributed by atoms with E-state index >= 15 is 0 Å². The van der Waals surface area contributed by atoms with Gasteiger partial charge in [-0.25, -0.2) is 4.79 Å². The molecule has 1 atom stereocenters. The van der Waals surface area contributed by atoms with Crippen LogP contribution in [-0.2, 0) is 4.74 Å². The van der Waals surface area contributed by atoms with E-state index in [9.17, 15) is 4.79 Å². The van der Waals surface area contributed by atoms with Crippen molar-refractivity contribution in [2.24, 2.45) is 0 Å². The van der Waals surface area contributed by atoms with Gasteiger partial charge in [-0.15, -0.1) is 0 Å². The van der Waals surface area contributed by atoms with E-state index in [-0.39, 0.29) is 0 Å². The summed E-state index contributed by atoms with van der Waals surface area (Å²) in [4.78, 5) is 16.4. The lowest BCUT2D eigenvalue weighted by atomic mass is 10.1. The Bertz CT molecular complexity index is 737. The fourth-order valence-corrected chi connectivity index (χ4v) is 2.04. The van der Waals surface area contributed by atoms with Gasteiger partial charge in [0.05, 0.1) is 23.0 Å². The summed E-state index contributed by atoms with van der Waals surface area (Å²) >= 11 is 0. The Morgan fingerprint density at radius 3 is 2.95 bits per heavy atom. The van der Waals surface area contributed by atoms with Gasteiger partial charge in [-0.3, -0.25) is 10.1 Å². The van der Waals surface area contributed by atoms with Crippen molar-refractivity contribution in [3.8, 4) is 0 Å². The van der Waals surface area contributed by atoms with Crippen molar-refractivity contribution >= 4 is 16.9 Å². The monoisotopic (exact) mass is 267 g/mol. The minimum Gasteiger partial charge on any atom is -0.452 e. The van der Waals surface area contributed by atoms with E-state index in [0.29, 0.717) is 11.1 Å². The normalized spacial score (nSPS) is 12.2. The van der Waals surface area contributed by atoms with Gasteiger partial charge in [0, 0.05) is 11.6 Å². The number of benzene rings is 1. The minimum atomic E-state index is -0.401. The van der Waals surface area contributed by atoms with Crippen molar-refractivity contribution in [1.29, 1.82) is 0 Å². The quantitative estimate of drug-likeness (QED) is 0.741. The maximum atomic E-state index is 12.2. The number of carbonyl (C=O) groups is 1. The molecule has 0 aliphatic heterocycles. The Morgan fingerprint density at radius 2 is 2.15 bits per heavy atom. The van der Waals surface area contributed by atoms with Crippen LogP contribution in [0.25, 0.3) is 10.9 Å². The molecular formula is C15H13N3O2. The van der Waals surface area contributed by atoms with Gasteiger partial charge < -0.3 is 4.74 Å². The number of nitrogens with zero attached hydrogens (tertiary/aromatic N) is 2. The highest BCUT2D eigenvalue weighted by Gasteiger charge is 2.17. The van der Waals surface area contributed by atoms with Crippen LogP contribution >= 0.6 is 0 Å². The van der Waals surface area contributed by atoms with Crippen molar-refractivity contribution in [3.05, 3.63) is 60.0 Å². The molecule has 3 aromatic rings. The minimum absolute atomic E-state index is 0.391. The number of fused-ring (bicyclic) bond motifs is 1. The van der Waals surface area contributed by atoms with E-state index in [0.717, 1.165) is 11.1 Å². The molecule has 3 rings (SSSR count). The van der Waals surface area contributed by atoms with Crippen LogP contribution in [0.2, 0.25) is 0 Å². The first-order valence-electron chi connectivity index (χ1n) is 6.29. The second kappa shape index (κ2) is 5.13. The molecule has 0 fully saturated rings. The molecule has 0 saturated heterocycles. The summed E-state index contributed by atoms with van der Waals surface area (Å²) in [5.41, 5.74) is 1.88. The van der Waals surface area contributed by atoms with Crippen LogP contribution in [0, 0.1) is 0 Å². The summed E-state index contributed by atoms with van der Waals surface area (Å²) in [6, 6.07) is 10.9. The number of pyridine rings is 1. The fourth-order valence-electron chi connectivity index (χ4n) is 2.04. The predicted octanol–water partition coefficient (Wildman–Crippen LogP) is 2.88. The first-order valence-corrected chi connectivity index (χ1v) is 6.29. The second-order valence-corrected chi connectivity index (χ2v) is 4.44. The van der Waals surface area contributed by atoms with Crippen molar-refractivity contribution < 1.29 is 9.53 Å². The smallest absolute Gasteiger partial charge is 0.340 e. The van der Waals surface area contributed by atoms with Crippen LogP contribution in [0.3, 0.4) is 0 Å². The number of hydrogen-bond donors (Lipinski definition) is 1. The number of aromatic nitrogens is 3. The van der Waals surface area contributed by atoms with Crippen LogP contribution in [-0.4, -0.2) is 21.2 Å². The van der Waals surface area contributed by atoms with E-state index in [4.69, 9.17) is 4.74 Å². The van der Waals surface area contributed by atoms with Crippen molar-refractivity contribution in [1.82, 2.24) is 15.2 Å². The summed E-state index contributed by atoms with van der Waals surface area (Å²) < 4.78 is 5.45. The SMILES string of the molecule is C[C@H](OC(=O)c1cccc2cn[nH]c12)c1ccccn1. The number of nitrogens with one attached hydrogen (secondary N) is 1. The van der Waals surface area contributed by atoms with Gasteiger partial charge >= 0.3 is 5.97 Å². The first kappa shape index (κ1) is 12.3. The number of rotatable bonds is 3. The van der Waals surface area contributed by atoms with Crippen LogP contribution in [0.4, 0.5) is 0 Å². The molecule has 0 bridgehead atoms.